The summed E-state index contributed by atoms with van der Waals surface area (Å²) in [5.41, 5.74) is 1.12. The first-order valence-corrected chi connectivity index (χ1v) is 8.54. The van der Waals surface area contributed by atoms with E-state index in [1.165, 1.54) is 25.3 Å². The van der Waals surface area contributed by atoms with Crippen molar-refractivity contribution in [2.45, 2.75) is 32.4 Å². The largest absolute Gasteiger partial charge is 0.435 e. The van der Waals surface area contributed by atoms with Crippen LogP contribution in [0.15, 0.2) is 42.6 Å². The van der Waals surface area contributed by atoms with Crippen molar-refractivity contribution in [2.24, 2.45) is 0 Å². The second-order valence-corrected chi connectivity index (χ2v) is 6.19. The van der Waals surface area contributed by atoms with Crippen LogP contribution in [0.4, 0.5) is 20.3 Å². The lowest BCUT2D eigenvalue weighted by Crippen LogP contribution is -2.47. The maximum Gasteiger partial charge on any atom is 0.387 e. The lowest BCUT2D eigenvalue weighted by atomic mass is 10.0. The van der Waals surface area contributed by atoms with E-state index >= 15 is 0 Å². The Balaban J connectivity index is 1.69. The number of benzene rings is 1. The Labute approximate surface area is 155 Å². The zero-order valence-electron chi connectivity index (χ0n) is 14.7. The Morgan fingerprint density at radius 2 is 2.00 bits per heavy atom. The molecule has 0 unspecified atom stereocenters. The van der Waals surface area contributed by atoms with Crippen LogP contribution >= 0.6 is 0 Å². The molecule has 6 nitrogen and oxygen atoms in total. The van der Waals surface area contributed by atoms with Crippen molar-refractivity contribution in [2.75, 3.05) is 16.8 Å². The van der Waals surface area contributed by atoms with Crippen LogP contribution in [0.25, 0.3) is 0 Å². The smallest absolute Gasteiger partial charge is 0.387 e. The number of halogens is 2. The van der Waals surface area contributed by atoms with Crippen molar-refractivity contribution >= 4 is 23.2 Å². The molecule has 0 saturated carbocycles. The monoisotopic (exact) mass is 375 g/mol. The predicted molar refractivity (Wildman–Crippen MR) is 96.3 cm³/mol. The highest BCUT2D eigenvalue weighted by molar-refractivity contribution is 5.99. The number of rotatable bonds is 6. The van der Waals surface area contributed by atoms with E-state index in [1.807, 2.05) is 0 Å². The first kappa shape index (κ1) is 18.8. The van der Waals surface area contributed by atoms with Gasteiger partial charge in [0.25, 0.3) is 0 Å². The van der Waals surface area contributed by atoms with Gasteiger partial charge in [-0.1, -0.05) is 0 Å². The van der Waals surface area contributed by atoms with Gasteiger partial charge in [0, 0.05) is 24.0 Å². The first-order valence-electron chi connectivity index (χ1n) is 8.54. The second kappa shape index (κ2) is 8.11. The van der Waals surface area contributed by atoms with Crippen molar-refractivity contribution in [3.8, 4) is 5.75 Å². The van der Waals surface area contributed by atoms with E-state index in [4.69, 9.17) is 0 Å². The fourth-order valence-corrected chi connectivity index (χ4v) is 2.94. The summed E-state index contributed by atoms with van der Waals surface area (Å²) >= 11 is 0. The average Bonchev–Trinajstić information content (AvgIpc) is 2.64. The summed E-state index contributed by atoms with van der Waals surface area (Å²) in [4.78, 5) is 29.9. The fraction of sp³-hybridized carbons (Fsp3) is 0.316. The van der Waals surface area contributed by atoms with Gasteiger partial charge in [-0.2, -0.15) is 8.78 Å². The van der Waals surface area contributed by atoms with Gasteiger partial charge in [-0.05, 0) is 56.2 Å². The molecule has 1 aromatic carbocycles. The van der Waals surface area contributed by atoms with Crippen molar-refractivity contribution in [1.29, 1.82) is 0 Å². The normalized spacial score (nSPS) is 17.1. The van der Waals surface area contributed by atoms with E-state index < -0.39 is 12.7 Å². The molecule has 27 heavy (non-hydrogen) atoms. The maximum absolute atomic E-state index is 12.8. The van der Waals surface area contributed by atoms with Crippen LogP contribution in [0.1, 0.15) is 30.1 Å². The lowest BCUT2D eigenvalue weighted by molar-refractivity contribution is -0.120. The second-order valence-electron chi connectivity index (χ2n) is 6.19. The number of carbonyl (C=O) groups is 2. The number of aromatic nitrogens is 1. The third-order valence-electron chi connectivity index (χ3n) is 4.30. The molecule has 1 N–H and O–H groups in total. The number of alkyl halides is 2. The summed E-state index contributed by atoms with van der Waals surface area (Å²) in [6, 6.07) is 8.85. The van der Waals surface area contributed by atoms with Gasteiger partial charge in [0.05, 0.1) is 0 Å². The predicted octanol–water partition coefficient (Wildman–Crippen LogP) is 3.49. The van der Waals surface area contributed by atoms with Gasteiger partial charge in [0.1, 0.15) is 17.6 Å². The number of carbonyl (C=O) groups excluding carboxylic acids is 2. The van der Waals surface area contributed by atoms with Gasteiger partial charge in [-0.3, -0.25) is 9.59 Å². The molecule has 1 saturated heterocycles. The van der Waals surface area contributed by atoms with Gasteiger partial charge < -0.3 is 15.0 Å². The summed E-state index contributed by atoms with van der Waals surface area (Å²) < 4.78 is 28.8. The number of nitrogens with zero attached hydrogens (tertiary/aromatic N) is 2. The summed E-state index contributed by atoms with van der Waals surface area (Å²) in [6.45, 7) is -0.879. The van der Waals surface area contributed by atoms with Gasteiger partial charge in [0.2, 0.25) is 5.91 Å². The summed E-state index contributed by atoms with van der Waals surface area (Å²) in [5, 5.41) is 3.10. The minimum absolute atomic E-state index is 0.0441. The highest BCUT2D eigenvalue weighted by atomic mass is 19.3. The minimum Gasteiger partial charge on any atom is -0.435 e. The number of hydrogen-bond acceptors (Lipinski definition) is 5. The Hall–Kier alpha value is -3.03. The van der Waals surface area contributed by atoms with Gasteiger partial charge in [-0.25, -0.2) is 4.98 Å². The van der Waals surface area contributed by atoms with Gasteiger partial charge in [0.15, 0.2) is 5.78 Å². The van der Waals surface area contributed by atoms with Crippen LogP contribution in [0.2, 0.25) is 0 Å². The van der Waals surface area contributed by atoms with Crippen LogP contribution in [0.5, 0.6) is 5.75 Å². The number of piperidine rings is 1. The summed E-state index contributed by atoms with van der Waals surface area (Å²) in [6.07, 6.45) is 2.90. The molecule has 3 rings (SSSR count). The quantitative estimate of drug-likeness (QED) is 0.783. The topological polar surface area (TPSA) is 71.5 Å². The van der Waals surface area contributed by atoms with E-state index in [0.717, 1.165) is 6.42 Å². The summed E-state index contributed by atoms with van der Waals surface area (Å²) in [5.74, 6) is 0.359. The van der Waals surface area contributed by atoms with Gasteiger partial charge in [-0.15, -0.1) is 0 Å². The number of ether oxygens (including phenoxy) is 1. The maximum atomic E-state index is 12.8. The Morgan fingerprint density at radius 1 is 1.26 bits per heavy atom. The van der Waals surface area contributed by atoms with E-state index in [-0.39, 0.29) is 17.4 Å². The molecular weight excluding hydrogens is 356 g/mol. The Morgan fingerprint density at radius 3 is 2.59 bits per heavy atom. The van der Waals surface area contributed by atoms with E-state index in [9.17, 15) is 18.4 Å². The first-order chi connectivity index (χ1) is 12.9. The molecule has 142 valence electrons. The zero-order chi connectivity index (χ0) is 19.4. The lowest BCUT2D eigenvalue weighted by Gasteiger charge is -2.33. The number of hydrogen-bond donors (Lipinski definition) is 1. The van der Waals surface area contributed by atoms with Crippen molar-refractivity contribution < 1.29 is 23.1 Å². The SMILES string of the molecule is CC(=O)c1ccc(N[C@H]2CCCN(c3ccc(OC(F)F)cc3)C2=O)nc1. The number of nitrogens with one attached hydrogen (secondary N) is 1. The molecule has 0 aliphatic carbocycles. The molecule has 1 aliphatic rings. The Bertz CT molecular complexity index is 810. The molecule has 1 aliphatic heterocycles. The van der Waals surface area contributed by atoms with Crippen molar-refractivity contribution in [1.82, 2.24) is 4.98 Å². The minimum atomic E-state index is -2.89. The van der Waals surface area contributed by atoms with Crippen molar-refractivity contribution in [3.63, 3.8) is 0 Å². The third-order valence-corrected chi connectivity index (χ3v) is 4.30. The highest BCUT2D eigenvalue weighted by Crippen LogP contribution is 2.25. The molecule has 0 radical (unpaired) electrons. The van der Waals surface area contributed by atoms with Crippen LogP contribution in [0, 0.1) is 0 Å². The highest BCUT2D eigenvalue weighted by Gasteiger charge is 2.30. The molecule has 8 heteroatoms. The number of amides is 1. The molecule has 1 aromatic heterocycles. The fourth-order valence-electron chi connectivity index (χ4n) is 2.94. The molecular formula is C19H19F2N3O3. The summed E-state index contributed by atoms with van der Waals surface area (Å²) in [7, 11) is 0. The van der Waals surface area contributed by atoms with E-state index in [2.05, 4.69) is 15.0 Å². The number of anilines is 2. The zero-order valence-corrected chi connectivity index (χ0v) is 14.7. The number of ketones is 1. The molecule has 2 aromatic rings. The molecule has 1 atom stereocenters. The van der Waals surface area contributed by atoms with Crippen LogP contribution in [0.3, 0.4) is 0 Å². The number of Topliss-reactive ketones (excluding diaryl/α,β-unsaturated/α-hetero) is 1. The van der Waals surface area contributed by atoms with Crippen LogP contribution in [-0.4, -0.2) is 35.9 Å². The van der Waals surface area contributed by atoms with E-state index in [0.29, 0.717) is 30.0 Å². The molecule has 0 spiro atoms. The van der Waals surface area contributed by atoms with Gasteiger partial charge >= 0.3 is 6.61 Å². The molecule has 0 bridgehead atoms. The molecule has 2 heterocycles. The van der Waals surface area contributed by atoms with E-state index in [1.54, 1.807) is 29.2 Å². The third kappa shape index (κ3) is 4.58. The van der Waals surface area contributed by atoms with Crippen molar-refractivity contribution in [3.05, 3.63) is 48.2 Å². The number of pyridine rings is 1. The Kier molecular flexibility index (Phi) is 5.63. The van der Waals surface area contributed by atoms with Crippen LogP contribution in [-0.2, 0) is 4.79 Å². The standard InChI is InChI=1S/C19H19F2N3O3/c1-12(25)13-4-9-17(22-11-13)23-16-3-2-10-24(18(16)26)14-5-7-15(8-6-14)27-19(20)21/h4-9,11,16,19H,2-3,10H2,1H3,(H,22,23)/t16-/m0/s1. The van der Waals surface area contributed by atoms with Crippen LogP contribution < -0.4 is 15.0 Å². The average molecular weight is 375 g/mol. The molecule has 1 amide bonds. The molecule has 1 fully saturated rings.